The fraction of sp³-hybridized carbons (Fsp3) is 0.333. The van der Waals surface area contributed by atoms with Gasteiger partial charge in [-0.25, -0.2) is 0 Å². The highest BCUT2D eigenvalue weighted by Crippen LogP contribution is 2.28. The Hall–Kier alpha value is -0.210. The van der Waals surface area contributed by atoms with E-state index in [-0.39, 0.29) is 10.8 Å². The third kappa shape index (κ3) is 2.68. The molecule has 0 aromatic heterocycles. The average molecular weight is 256 g/mol. The monoisotopic (exact) mass is 254 g/mol. The predicted octanol–water partition coefficient (Wildman–Crippen LogP) is 3.89. The molecule has 0 heterocycles. The number of rotatable bonds is 2. The second-order valence-electron chi connectivity index (χ2n) is 2.07. The van der Waals surface area contributed by atoms with Gasteiger partial charge in [-0.15, -0.1) is 0 Å². The third-order valence-electron chi connectivity index (χ3n) is 1.14. The molecule has 0 atom stereocenters. The molecule has 0 aliphatic heterocycles. The summed E-state index contributed by atoms with van der Waals surface area (Å²) in [4.78, 5) is 0. The van der Waals surface area contributed by atoms with Crippen LogP contribution in [0.1, 0.15) is 21.9 Å². The lowest BCUT2D eigenvalue weighted by atomic mass is 10.3. The molecule has 0 unspecified atom stereocenters. The Kier molecular flexibility index (Phi) is 1.50. The fourth-order valence-corrected chi connectivity index (χ4v) is 1.42. The average Bonchev–Trinajstić information content (AvgIpc) is 2.12. The highest BCUT2D eigenvalue weighted by Gasteiger charge is 2.03. The van der Waals surface area contributed by atoms with Crippen LogP contribution in [0.5, 0.6) is 5.75 Å². The van der Waals surface area contributed by atoms with Crippen LogP contribution in [0.15, 0.2) is 22.7 Å². The predicted molar refractivity (Wildman–Crippen MR) is 54.9 cm³/mol. The summed E-state index contributed by atoms with van der Waals surface area (Å²) >= 11 is 9.03. The van der Waals surface area contributed by atoms with Crippen molar-refractivity contribution < 1.29 is 13.0 Å². The van der Waals surface area contributed by atoms with Crippen LogP contribution < -0.4 is 4.74 Å². The minimum Gasteiger partial charge on any atom is -0.489 e. The van der Waals surface area contributed by atoms with Crippen LogP contribution in [0.4, 0.5) is 0 Å². The minimum atomic E-state index is -2.76. The molecule has 0 amide bonds. The number of halogens is 2. The van der Waals surface area contributed by atoms with Gasteiger partial charge in [0.05, 0.1) is 11.1 Å². The highest BCUT2D eigenvalue weighted by molar-refractivity contribution is 9.10. The zero-order chi connectivity index (χ0) is 14.1. The fourth-order valence-electron chi connectivity index (χ4n) is 0.698. The lowest BCUT2D eigenvalue weighted by molar-refractivity contribution is 0.242. The minimum absolute atomic E-state index is 0.0251. The Morgan fingerprint density at radius 3 is 2.92 bits per heavy atom. The zero-order valence-corrected chi connectivity index (χ0v) is 8.32. The Morgan fingerprint density at radius 1 is 1.58 bits per heavy atom. The van der Waals surface area contributed by atoms with E-state index in [4.69, 9.17) is 24.6 Å². The molecule has 0 aliphatic rings. The number of benzene rings is 1. The van der Waals surface area contributed by atoms with Crippen LogP contribution >= 0.6 is 27.5 Å². The maximum atomic E-state index is 7.20. The van der Waals surface area contributed by atoms with Crippen LogP contribution in [-0.4, -0.2) is 6.10 Å². The van der Waals surface area contributed by atoms with Crippen LogP contribution in [0, 0.1) is 0 Å². The maximum Gasteiger partial charge on any atom is 0.138 e. The maximum absolute atomic E-state index is 7.20. The first-order chi connectivity index (χ1) is 8.01. The lowest BCUT2D eigenvalue weighted by Gasteiger charge is -2.10. The van der Waals surface area contributed by atoms with Crippen LogP contribution in [0.3, 0.4) is 0 Å². The molecule has 66 valence electrons. The van der Waals surface area contributed by atoms with E-state index in [0.717, 1.165) is 0 Å². The van der Waals surface area contributed by atoms with Gasteiger partial charge in [0.15, 0.2) is 0 Å². The molecule has 1 rings (SSSR count). The van der Waals surface area contributed by atoms with Crippen LogP contribution in [0.25, 0.3) is 0 Å². The van der Waals surface area contributed by atoms with E-state index in [1.165, 1.54) is 12.1 Å². The number of ether oxygens (including phenoxy) is 1. The molecular weight excluding hydrogens is 239 g/mol. The third-order valence-corrected chi connectivity index (χ3v) is 1.93. The summed E-state index contributed by atoms with van der Waals surface area (Å²) in [5.41, 5.74) is 0. The van der Waals surface area contributed by atoms with Gasteiger partial charge >= 0.3 is 0 Å². The molecular formula is C9H10BrClO. The summed E-state index contributed by atoms with van der Waals surface area (Å²) in [6.45, 7) is -5.52. The molecule has 0 saturated carbocycles. The van der Waals surface area contributed by atoms with E-state index in [9.17, 15) is 0 Å². The van der Waals surface area contributed by atoms with Crippen molar-refractivity contribution in [3.8, 4) is 5.75 Å². The summed E-state index contributed by atoms with van der Waals surface area (Å²) in [6.07, 6.45) is -1.91. The van der Waals surface area contributed by atoms with Crippen molar-refractivity contribution in [1.82, 2.24) is 0 Å². The first kappa shape index (κ1) is 4.34. The normalized spacial score (nSPS) is 19.9. The molecule has 3 heteroatoms. The summed E-state index contributed by atoms with van der Waals surface area (Å²) in [7, 11) is 0. The van der Waals surface area contributed by atoms with Crippen molar-refractivity contribution in [2.24, 2.45) is 0 Å². The standard InChI is InChI=1S/C9H10BrClO/c1-6(2)12-9-4-3-7(10)5-8(9)11/h3-6H,1-2H3/i1D3,2D3. The molecule has 1 aromatic rings. The lowest BCUT2D eigenvalue weighted by Crippen LogP contribution is -2.05. The van der Waals surface area contributed by atoms with Crippen molar-refractivity contribution in [2.75, 3.05) is 0 Å². The van der Waals surface area contributed by atoms with Gasteiger partial charge in [0.1, 0.15) is 5.75 Å². The topological polar surface area (TPSA) is 9.23 Å². The summed E-state index contributed by atoms with van der Waals surface area (Å²) in [5, 5.41) is 0.142. The first-order valence-electron chi connectivity index (χ1n) is 6.13. The van der Waals surface area contributed by atoms with Crippen molar-refractivity contribution in [3.63, 3.8) is 0 Å². The van der Waals surface area contributed by atoms with Crippen molar-refractivity contribution in [3.05, 3.63) is 27.7 Å². The van der Waals surface area contributed by atoms with E-state index in [1.807, 2.05) is 0 Å². The SMILES string of the molecule is [2H]C([2H])([2H])C(Oc1ccc(Br)cc1Cl)C([2H])([2H])[2H]. The van der Waals surface area contributed by atoms with Crippen molar-refractivity contribution >= 4 is 27.5 Å². The van der Waals surface area contributed by atoms with E-state index in [1.54, 1.807) is 6.07 Å². The largest absolute Gasteiger partial charge is 0.489 e. The summed E-state index contributed by atoms with van der Waals surface area (Å²) < 4.78 is 48.9. The second kappa shape index (κ2) is 4.15. The molecule has 0 radical (unpaired) electrons. The van der Waals surface area contributed by atoms with E-state index in [0.29, 0.717) is 4.47 Å². The van der Waals surface area contributed by atoms with E-state index < -0.39 is 19.8 Å². The summed E-state index contributed by atoms with van der Waals surface area (Å²) in [6, 6.07) is 4.49. The summed E-state index contributed by atoms with van der Waals surface area (Å²) in [5.74, 6) is 0.0251. The molecule has 0 bridgehead atoms. The van der Waals surface area contributed by atoms with Gasteiger partial charge in [0.25, 0.3) is 0 Å². The molecule has 12 heavy (non-hydrogen) atoms. The number of hydrogen-bond donors (Lipinski definition) is 0. The van der Waals surface area contributed by atoms with Crippen LogP contribution in [-0.2, 0) is 0 Å². The second-order valence-corrected chi connectivity index (χ2v) is 3.40. The smallest absolute Gasteiger partial charge is 0.138 e. The number of hydrogen-bond acceptors (Lipinski definition) is 1. The Labute approximate surface area is 94.2 Å². The molecule has 0 N–H and O–H groups in total. The van der Waals surface area contributed by atoms with Gasteiger partial charge in [-0.2, -0.15) is 0 Å². The van der Waals surface area contributed by atoms with E-state index in [2.05, 4.69) is 15.9 Å². The first-order valence-corrected chi connectivity index (χ1v) is 4.30. The molecule has 0 spiro atoms. The molecule has 1 nitrogen and oxygen atoms in total. The van der Waals surface area contributed by atoms with Crippen molar-refractivity contribution in [1.29, 1.82) is 0 Å². The molecule has 0 aliphatic carbocycles. The highest BCUT2D eigenvalue weighted by atomic mass is 79.9. The Morgan fingerprint density at radius 2 is 2.33 bits per heavy atom. The molecule has 0 saturated heterocycles. The zero-order valence-electron chi connectivity index (χ0n) is 12.0. The Balaban J connectivity index is 3.05. The Bertz CT molecular complexity index is 416. The van der Waals surface area contributed by atoms with E-state index >= 15 is 0 Å². The van der Waals surface area contributed by atoms with Gasteiger partial charge in [-0.05, 0) is 31.9 Å². The molecule has 0 fully saturated rings. The molecule has 1 aromatic carbocycles. The quantitative estimate of drug-likeness (QED) is 0.779. The van der Waals surface area contributed by atoms with Gasteiger partial charge in [0.2, 0.25) is 0 Å². The van der Waals surface area contributed by atoms with Crippen molar-refractivity contribution in [2.45, 2.75) is 19.8 Å². The van der Waals surface area contributed by atoms with Gasteiger partial charge in [-0.3, -0.25) is 0 Å². The van der Waals surface area contributed by atoms with Gasteiger partial charge in [-0.1, -0.05) is 27.5 Å². The van der Waals surface area contributed by atoms with Gasteiger partial charge in [0, 0.05) is 12.7 Å². The van der Waals surface area contributed by atoms with Crippen LogP contribution in [0.2, 0.25) is 5.02 Å². The van der Waals surface area contributed by atoms with Gasteiger partial charge < -0.3 is 4.74 Å².